The molecule has 0 bridgehead atoms. The van der Waals surface area contributed by atoms with E-state index in [1.165, 1.54) is 4.68 Å². The van der Waals surface area contributed by atoms with Crippen LogP contribution >= 0.6 is 15.9 Å². The Morgan fingerprint density at radius 1 is 1.47 bits per heavy atom. The molecule has 1 aromatic carbocycles. The molecular formula is C12H9BrN4O2. The van der Waals surface area contributed by atoms with Crippen molar-refractivity contribution in [2.24, 2.45) is 0 Å². The average molecular weight is 321 g/mol. The highest BCUT2D eigenvalue weighted by Crippen LogP contribution is 2.27. The monoisotopic (exact) mass is 320 g/mol. The molecule has 2 aromatic rings. The largest absolute Gasteiger partial charge is 0.313 e. The summed E-state index contributed by atoms with van der Waals surface area (Å²) in [5, 5.41) is 24.2. The zero-order valence-electron chi connectivity index (χ0n) is 10.2. The van der Waals surface area contributed by atoms with E-state index in [2.05, 4.69) is 27.1 Å². The standard InChI is InChI=1S/C12H9BrN4O2/c1-7-12(17(18)19)8(2)16(15-7)11-5-10(13)4-3-9(11)6-14/h3-5H,1-2H3. The van der Waals surface area contributed by atoms with Gasteiger partial charge in [-0.1, -0.05) is 15.9 Å². The summed E-state index contributed by atoms with van der Waals surface area (Å²) in [5.41, 5.74) is 1.63. The molecule has 0 saturated carbocycles. The second-order valence-electron chi connectivity index (χ2n) is 3.96. The van der Waals surface area contributed by atoms with Crippen LogP contribution in [0.15, 0.2) is 22.7 Å². The smallest absolute Gasteiger partial charge is 0.258 e. The summed E-state index contributed by atoms with van der Waals surface area (Å²) in [6.07, 6.45) is 0. The minimum absolute atomic E-state index is 0.0242. The lowest BCUT2D eigenvalue weighted by atomic mass is 10.2. The summed E-state index contributed by atoms with van der Waals surface area (Å²) in [6.45, 7) is 3.19. The van der Waals surface area contributed by atoms with Crippen molar-refractivity contribution in [2.45, 2.75) is 13.8 Å². The molecule has 2 rings (SSSR count). The molecule has 96 valence electrons. The molecule has 7 heteroatoms. The normalized spacial score (nSPS) is 10.2. The van der Waals surface area contributed by atoms with Gasteiger partial charge in [-0.05, 0) is 32.0 Å². The fourth-order valence-electron chi connectivity index (χ4n) is 1.91. The molecule has 1 aromatic heterocycles. The van der Waals surface area contributed by atoms with Gasteiger partial charge in [0.05, 0.1) is 16.2 Å². The fraction of sp³-hybridized carbons (Fsp3) is 0.167. The number of nitrogens with zero attached hydrogens (tertiary/aromatic N) is 4. The SMILES string of the molecule is Cc1nn(-c2cc(Br)ccc2C#N)c(C)c1[N+](=O)[O-]. The molecule has 0 fully saturated rings. The first-order valence-corrected chi connectivity index (χ1v) is 6.15. The zero-order chi connectivity index (χ0) is 14.2. The van der Waals surface area contributed by atoms with Crippen molar-refractivity contribution in [3.63, 3.8) is 0 Å². The first-order chi connectivity index (χ1) is 8.95. The van der Waals surface area contributed by atoms with E-state index in [1.807, 2.05) is 0 Å². The van der Waals surface area contributed by atoms with Crippen LogP contribution in [0, 0.1) is 35.3 Å². The van der Waals surface area contributed by atoms with E-state index in [1.54, 1.807) is 32.0 Å². The Kier molecular flexibility index (Phi) is 3.36. The predicted octanol–water partition coefficient (Wildman–Crippen LogP) is 3.03. The first-order valence-electron chi connectivity index (χ1n) is 5.36. The van der Waals surface area contributed by atoms with Crippen LogP contribution in [0.4, 0.5) is 5.69 Å². The summed E-state index contributed by atoms with van der Waals surface area (Å²) in [6, 6.07) is 7.14. The molecule has 0 aliphatic rings. The number of nitro groups is 1. The van der Waals surface area contributed by atoms with Crippen molar-refractivity contribution >= 4 is 21.6 Å². The van der Waals surface area contributed by atoms with Crippen LogP contribution in [0.5, 0.6) is 0 Å². The number of aromatic nitrogens is 2. The van der Waals surface area contributed by atoms with Crippen molar-refractivity contribution < 1.29 is 4.92 Å². The van der Waals surface area contributed by atoms with E-state index in [0.717, 1.165) is 4.47 Å². The highest BCUT2D eigenvalue weighted by atomic mass is 79.9. The first kappa shape index (κ1) is 13.2. The van der Waals surface area contributed by atoms with Crippen LogP contribution in [-0.4, -0.2) is 14.7 Å². The molecule has 0 saturated heterocycles. The van der Waals surface area contributed by atoms with Gasteiger partial charge in [0.15, 0.2) is 0 Å². The maximum absolute atomic E-state index is 11.0. The lowest BCUT2D eigenvalue weighted by molar-refractivity contribution is -0.386. The van der Waals surface area contributed by atoms with Crippen molar-refractivity contribution in [3.8, 4) is 11.8 Å². The maximum Gasteiger partial charge on any atom is 0.313 e. The number of halogens is 1. The average Bonchev–Trinajstić information content (AvgIpc) is 2.64. The van der Waals surface area contributed by atoms with Crippen LogP contribution in [-0.2, 0) is 0 Å². The Morgan fingerprint density at radius 3 is 2.68 bits per heavy atom. The van der Waals surface area contributed by atoms with Gasteiger partial charge in [-0.2, -0.15) is 10.4 Å². The van der Waals surface area contributed by atoms with Crippen molar-refractivity contribution in [1.82, 2.24) is 9.78 Å². The van der Waals surface area contributed by atoms with Gasteiger partial charge in [0.1, 0.15) is 17.5 Å². The molecule has 19 heavy (non-hydrogen) atoms. The summed E-state index contributed by atoms with van der Waals surface area (Å²) in [5.74, 6) is 0. The van der Waals surface area contributed by atoms with Crippen LogP contribution in [0.3, 0.4) is 0 Å². The van der Waals surface area contributed by atoms with E-state index in [0.29, 0.717) is 22.6 Å². The zero-order valence-corrected chi connectivity index (χ0v) is 11.8. The third-order valence-corrected chi connectivity index (χ3v) is 3.24. The lowest BCUT2D eigenvalue weighted by Crippen LogP contribution is -2.02. The predicted molar refractivity (Wildman–Crippen MR) is 72.1 cm³/mol. The van der Waals surface area contributed by atoms with Crippen molar-refractivity contribution in [3.05, 3.63) is 49.7 Å². The molecule has 0 N–H and O–H groups in total. The van der Waals surface area contributed by atoms with Gasteiger partial charge in [-0.3, -0.25) is 10.1 Å². The Morgan fingerprint density at radius 2 is 2.16 bits per heavy atom. The summed E-state index contributed by atoms with van der Waals surface area (Å²) >= 11 is 3.32. The Labute approximate surface area is 117 Å². The molecule has 0 unspecified atom stereocenters. The number of hydrogen-bond donors (Lipinski definition) is 0. The van der Waals surface area contributed by atoms with E-state index in [9.17, 15) is 10.1 Å². The Hall–Kier alpha value is -2.20. The molecule has 0 amide bonds. The van der Waals surface area contributed by atoms with Gasteiger partial charge in [-0.15, -0.1) is 0 Å². The van der Waals surface area contributed by atoms with E-state index >= 15 is 0 Å². The Bertz CT molecular complexity index is 715. The fourth-order valence-corrected chi connectivity index (χ4v) is 2.26. The number of hydrogen-bond acceptors (Lipinski definition) is 4. The molecule has 1 heterocycles. The minimum atomic E-state index is -0.460. The molecule has 0 aliphatic heterocycles. The quantitative estimate of drug-likeness (QED) is 0.628. The Balaban J connectivity index is 2.74. The van der Waals surface area contributed by atoms with Gasteiger partial charge in [-0.25, -0.2) is 4.68 Å². The van der Waals surface area contributed by atoms with Crippen LogP contribution in [0.1, 0.15) is 17.0 Å². The molecule has 0 radical (unpaired) electrons. The molecular weight excluding hydrogens is 312 g/mol. The summed E-state index contributed by atoms with van der Waals surface area (Å²) < 4.78 is 2.20. The third-order valence-electron chi connectivity index (χ3n) is 2.74. The van der Waals surface area contributed by atoms with Gasteiger partial charge in [0, 0.05) is 4.47 Å². The van der Waals surface area contributed by atoms with Gasteiger partial charge in [0.25, 0.3) is 0 Å². The molecule has 0 spiro atoms. The highest BCUT2D eigenvalue weighted by Gasteiger charge is 2.23. The van der Waals surface area contributed by atoms with Gasteiger partial charge in [0.2, 0.25) is 0 Å². The third kappa shape index (κ3) is 2.22. The molecule has 6 nitrogen and oxygen atoms in total. The second kappa shape index (κ2) is 4.82. The molecule has 0 atom stereocenters. The lowest BCUT2D eigenvalue weighted by Gasteiger charge is -2.06. The van der Waals surface area contributed by atoms with Crippen LogP contribution in [0.25, 0.3) is 5.69 Å². The topological polar surface area (TPSA) is 84.8 Å². The minimum Gasteiger partial charge on any atom is -0.258 e. The van der Waals surface area contributed by atoms with E-state index in [-0.39, 0.29) is 5.69 Å². The van der Waals surface area contributed by atoms with E-state index < -0.39 is 4.92 Å². The summed E-state index contributed by atoms with van der Waals surface area (Å²) in [7, 11) is 0. The van der Waals surface area contributed by atoms with Crippen LogP contribution < -0.4 is 0 Å². The maximum atomic E-state index is 11.0. The number of rotatable bonds is 2. The summed E-state index contributed by atoms with van der Waals surface area (Å²) in [4.78, 5) is 10.5. The van der Waals surface area contributed by atoms with Crippen LogP contribution in [0.2, 0.25) is 0 Å². The van der Waals surface area contributed by atoms with Gasteiger partial charge >= 0.3 is 5.69 Å². The number of benzene rings is 1. The number of nitriles is 1. The molecule has 0 aliphatic carbocycles. The number of aryl methyl sites for hydroxylation is 1. The highest BCUT2D eigenvalue weighted by molar-refractivity contribution is 9.10. The van der Waals surface area contributed by atoms with Crippen molar-refractivity contribution in [2.75, 3.05) is 0 Å². The second-order valence-corrected chi connectivity index (χ2v) is 4.88. The van der Waals surface area contributed by atoms with Gasteiger partial charge < -0.3 is 0 Å². The van der Waals surface area contributed by atoms with E-state index in [4.69, 9.17) is 5.26 Å². The van der Waals surface area contributed by atoms with Crippen molar-refractivity contribution in [1.29, 1.82) is 5.26 Å².